The van der Waals surface area contributed by atoms with Crippen LogP contribution in [0.15, 0.2) is 22.7 Å². The maximum Gasteiger partial charge on any atom is 0.339 e. The van der Waals surface area contributed by atoms with E-state index in [2.05, 4.69) is 15.9 Å². The molecule has 0 aromatic heterocycles. The van der Waals surface area contributed by atoms with Gasteiger partial charge in [0, 0.05) is 15.9 Å². The molecule has 19 heavy (non-hydrogen) atoms. The van der Waals surface area contributed by atoms with E-state index in [-0.39, 0.29) is 18.1 Å². The smallest absolute Gasteiger partial charge is 0.339 e. The number of nitrogens with two attached hydrogens (primary N) is 1. The van der Waals surface area contributed by atoms with Gasteiger partial charge < -0.3 is 10.5 Å². The third kappa shape index (κ3) is 5.20. The summed E-state index contributed by atoms with van der Waals surface area (Å²) in [6.07, 6.45) is 0.294. The lowest BCUT2D eigenvalue weighted by Crippen LogP contribution is -2.13. The lowest BCUT2D eigenvalue weighted by Gasteiger charge is -2.07. The number of rotatable bonds is 6. The molecule has 106 valence electrons. The fourth-order valence-electron chi connectivity index (χ4n) is 1.37. The number of ether oxygens (including phenoxy) is 1. The Kier molecular flexibility index (Phi) is 5.81. The molecule has 0 heterocycles. The highest BCUT2D eigenvalue weighted by atomic mass is 79.9. The molecule has 0 saturated heterocycles. The minimum atomic E-state index is -3.02. The number of benzene rings is 1. The monoisotopic (exact) mass is 349 g/mol. The highest BCUT2D eigenvalue weighted by Gasteiger charge is 2.13. The first kappa shape index (κ1) is 16.0. The van der Waals surface area contributed by atoms with Crippen LogP contribution in [0.1, 0.15) is 23.7 Å². The normalized spacial score (nSPS) is 11.3. The number of anilines is 1. The van der Waals surface area contributed by atoms with Crippen molar-refractivity contribution >= 4 is 37.4 Å². The topological polar surface area (TPSA) is 86.5 Å². The standard InChI is InChI=1S/C12H16BrNO4S/c1-2-19(16,17)7-3-6-18-12(15)10-8-9(14)4-5-11(10)13/h4-5,8H,2-3,6-7,14H2,1H3. The van der Waals surface area contributed by atoms with Gasteiger partial charge in [0.2, 0.25) is 0 Å². The summed E-state index contributed by atoms with van der Waals surface area (Å²) in [5.41, 5.74) is 6.38. The highest BCUT2D eigenvalue weighted by Crippen LogP contribution is 2.20. The van der Waals surface area contributed by atoms with Crippen LogP contribution >= 0.6 is 15.9 Å². The molecular formula is C12H16BrNO4S. The van der Waals surface area contributed by atoms with Crippen LogP contribution in [0.4, 0.5) is 5.69 Å². The number of sulfone groups is 1. The van der Waals surface area contributed by atoms with Gasteiger partial charge in [0.05, 0.1) is 17.9 Å². The molecule has 5 nitrogen and oxygen atoms in total. The van der Waals surface area contributed by atoms with Crippen molar-refractivity contribution in [2.45, 2.75) is 13.3 Å². The molecule has 0 unspecified atom stereocenters. The van der Waals surface area contributed by atoms with Crippen LogP contribution in [0.2, 0.25) is 0 Å². The van der Waals surface area contributed by atoms with Gasteiger partial charge in [-0.1, -0.05) is 6.92 Å². The Bertz CT molecular complexity index is 557. The molecule has 1 aromatic carbocycles. The molecule has 0 amide bonds. The third-order valence-corrected chi connectivity index (χ3v) is 4.96. The molecule has 0 radical (unpaired) electrons. The Morgan fingerprint density at radius 2 is 2.11 bits per heavy atom. The Balaban J connectivity index is 2.50. The van der Waals surface area contributed by atoms with Gasteiger partial charge in [0.15, 0.2) is 0 Å². The quantitative estimate of drug-likeness (QED) is 0.482. The third-order valence-electron chi connectivity index (χ3n) is 2.48. The van der Waals surface area contributed by atoms with Crippen LogP contribution < -0.4 is 5.73 Å². The van der Waals surface area contributed by atoms with Crippen LogP contribution in [-0.4, -0.2) is 32.5 Å². The molecule has 0 aliphatic rings. The molecule has 0 bridgehead atoms. The summed E-state index contributed by atoms with van der Waals surface area (Å²) in [4.78, 5) is 11.8. The van der Waals surface area contributed by atoms with E-state index in [1.54, 1.807) is 19.1 Å². The van der Waals surface area contributed by atoms with Gasteiger partial charge in [-0.3, -0.25) is 0 Å². The van der Waals surface area contributed by atoms with E-state index in [1.807, 2.05) is 0 Å². The van der Waals surface area contributed by atoms with Crippen molar-refractivity contribution in [2.24, 2.45) is 0 Å². The minimum absolute atomic E-state index is 0.0227. The first-order valence-electron chi connectivity index (χ1n) is 5.78. The van der Waals surface area contributed by atoms with Crippen LogP contribution in [0.25, 0.3) is 0 Å². The fraction of sp³-hybridized carbons (Fsp3) is 0.417. The number of hydrogen-bond acceptors (Lipinski definition) is 5. The summed E-state index contributed by atoms with van der Waals surface area (Å²) in [5, 5.41) is 0. The Hall–Kier alpha value is -1.08. The van der Waals surface area contributed by atoms with Gasteiger partial charge in [0.1, 0.15) is 9.84 Å². The highest BCUT2D eigenvalue weighted by molar-refractivity contribution is 9.10. The van der Waals surface area contributed by atoms with Crippen molar-refractivity contribution in [3.63, 3.8) is 0 Å². The van der Waals surface area contributed by atoms with Crippen molar-refractivity contribution in [2.75, 3.05) is 23.8 Å². The first-order chi connectivity index (χ1) is 8.85. The molecule has 0 atom stereocenters. The molecule has 1 aromatic rings. The lowest BCUT2D eigenvalue weighted by atomic mass is 10.2. The summed E-state index contributed by atoms with van der Waals surface area (Å²) in [6, 6.07) is 4.83. The van der Waals surface area contributed by atoms with Gasteiger partial charge in [-0.15, -0.1) is 0 Å². The summed E-state index contributed by atoms with van der Waals surface area (Å²) in [7, 11) is -3.02. The molecule has 7 heteroatoms. The second-order valence-electron chi connectivity index (χ2n) is 3.97. The van der Waals surface area contributed by atoms with Crippen molar-refractivity contribution in [1.29, 1.82) is 0 Å². The zero-order chi connectivity index (χ0) is 14.5. The van der Waals surface area contributed by atoms with E-state index in [0.29, 0.717) is 22.1 Å². The molecular weight excluding hydrogens is 334 g/mol. The zero-order valence-corrected chi connectivity index (χ0v) is 13.0. The minimum Gasteiger partial charge on any atom is -0.462 e. The van der Waals surface area contributed by atoms with Crippen LogP contribution in [-0.2, 0) is 14.6 Å². The van der Waals surface area contributed by atoms with E-state index in [9.17, 15) is 13.2 Å². The SMILES string of the molecule is CCS(=O)(=O)CCCOC(=O)c1cc(N)ccc1Br. The van der Waals surface area contributed by atoms with E-state index in [1.165, 1.54) is 6.07 Å². The number of halogens is 1. The second-order valence-corrected chi connectivity index (χ2v) is 7.29. The molecule has 0 spiro atoms. The van der Waals surface area contributed by atoms with Crippen LogP contribution in [0, 0.1) is 0 Å². The zero-order valence-electron chi connectivity index (χ0n) is 10.6. The van der Waals surface area contributed by atoms with Crippen molar-refractivity contribution in [3.8, 4) is 0 Å². The molecule has 0 fully saturated rings. The van der Waals surface area contributed by atoms with Crippen LogP contribution in [0.5, 0.6) is 0 Å². The Morgan fingerprint density at radius 3 is 2.74 bits per heavy atom. The molecule has 2 N–H and O–H groups in total. The number of carbonyl (C=O) groups is 1. The molecule has 1 rings (SSSR count). The maximum absolute atomic E-state index is 11.8. The van der Waals surface area contributed by atoms with E-state index >= 15 is 0 Å². The number of esters is 1. The second kappa shape index (κ2) is 6.91. The van der Waals surface area contributed by atoms with Crippen LogP contribution in [0.3, 0.4) is 0 Å². The van der Waals surface area contributed by atoms with Crippen molar-refractivity contribution in [1.82, 2.24) is 0 Å². The average molecular weight is 350 g/mol. The van der Waals surface area contributed by atoms with Gasteiger partial charge in [-0.05, 0) is 40.5 Å². The van der Waals surface area contributed by atoms with E-state index in [4.69, 9.17) is 10.5 Å². The first-order valence-corrected chi connectivity index (χ1v) is 8.39. The molecule has 0 saturated carbocycles. The summed E-state index contributed by atoms with van der Waals surface area (Å²) in [6.45, 7) is 1.66. The predicted octanol–water partition coefficient (Wildman–Crippen LogP) is 2.01. The summed E-state index contributed by atoms with van der Waals surface area (Å²) in [5.74, 6) is -0.399. The van der Waals surface area contributed by atoms with Gasteiger partial charge >= 0.3 is 5.97 Å². The Labute approximate surface area is 121 Å². The fourth-order valence-corrected chi connectivity index (χ4v) is 2.62. The van der Waals surface area contributed by atoms with Crippen molar-refractivity contribution < 1.29 is 17.9 Å². The number of hydrogen-bond donors (Lipinski definition) is 1. The lowest BCUT2D eigenvalue weighted by molar-refractivity contribution is 0.0504. The summed E-state index contributed by atoms with van der Waals surface area (Å²) < 4.78 is 28.1. The predicted molar refractivity (Wildman–Crippen MR) is 77.8 cm³/mol. The van der Waals surface area contributed by atoms with Gasteiger partial charge in [-0.2, -0.15) is 0 Å². The molecule has 0 aliphatic carbocycles. The van der Waals surface area contributed by atoms with E-state index in [0.717, 1.165) is 0 Å². The van der Waals surface area contributed by atoms with E-state index < -0.39 is 15.8 Å². The largest absolute Gasteiger partial charge is 0.462 e. The number of carbonyl (C=O) groups excluding carboxylic acids is 1. The summed E-state index contributed by atoms with van der Waals surface area (Å²) >= 11 is 3.23. The van der Waals surface area contributed by atoms with Gasteiger partial charge in [-0.25, -0.2) is 13.2 Å². The molecule has 0 aliphatic heterocycles. The number of nitrogen functional groups attached to an aromatic ring is 1. The maximum atomic E-state index is 11.8. The van der Waals surface area contributed by atoms with Crippen molar-refractivity contribution in [3.05, 3.63) is 28.2 Å². The van der Waals surface area contributed by atoms with Gasteiger partial charge in [0.25, 0.3) is 0 Å². The Morgan fingerprint density at radius 1 is 1.42 bits per heavy atom. The average Bonchev–Trinajstić information content (AvgIpc) is 2.37.